The van der Waals surface area contributed by atoms with Crippen molar-refractivity contribution in [1.82, 2.24) is 9.55 Å². The average molecular weight is 447 g/mol. The first-order valence-electron chi connectivity index (χ1n) is 8.95. The van der Waals surface area contributed by atoms with Crippen LogP contribution in [0.4, 0.5) is 8.78 Å². The third kappa shape index (κ3) is 4.75. The maximum atomic E-state index is 13.4. The van der Waals surface area contributed by atoms with Gasteiger partial charge < -0.3 is 19.1 Å². The molecule has 0 spiro atoms. The minimum atomic E-state index is -1.03. The van der Waals surface area contributed by atoms with Gasteiger partial charge in [-0.15, -0.1) is 12.4 Å². The van der Waals surface area contributed by atoms with E-state index >= 15 is 0 Å². The topological polar surface area (TPSA) is 73.6 Å². The maximum absolute atomic E-state index is 13.4. The Balaban J connectivity index is 0.00000272. The van der Waals surface area contributed by atoms with Crippen LogP contribution in [0.5, 0.6) is 17.2 Å². The molecule has 1 N–H and O–H groups in total. The molecule has 160 valence electrons. The Hall–Kier alpha value is -3.65. The van der Waals surface area contributed by atoms with Crippen LogP contribution in [0.3, 0.4) is 0 Å². The number of benzene rings is 3. The van der Waals surface area contributed by atoms with Crippen molar-refractivity contribution in [3.63, 3.8) is 0 Å². The van der Waals surface area contributed by atoms with Gasteiger partial charge in [0.2, 0.25) is 0 Å². The monoisotopic (exact) mass is 446 g/mol. The van der Waals surface area contributed by atoms with Crippen molar-refractivity contribution in [3.8, 4) is 17.2 Å². The largest absolute Gasteiger partial charge is 0.486 e. The van der Waals surface area contributed by atoms with Crippen LogP contribution in [0.2, 0.25) is 0 Å². The molecule has 0 radical (unpaired) electrons. The van der Waals surface area contributed by atoms with Crippen LogP contribution in [0.1, 0.15) is 16.2 Å². The van der Waals surface area contributed by atoms with Gasteiger partial charge in [-0.2, -0.15) is 0 Å². The van der Waals surface area contributed by atoms with E-state index in [1.165, 1.54) is 18.2 Å². The summed E-state index contributed by atoms with van der Waals surface area (Å²) >= 11 is 0. The highest BCUT2D eigenvalue weighted by atomic mass is 35.5. The highest BCUT2D eigenvalue weighted by Crippen LogP contribution is 2.27. The molecular weight excluding hydrogens is 430 g/mol. The predicted octanol–water partition coefficient (Wildman–Crippen LogP) is 5.34. The van der Waals surface area contributed by atoms with Crippen molar-refractivity contribution < 1.29 is 28.2 Å². The smallest absolute Gasteiger partial charge is 0.335 e. The minimum Gasteiger partial charge on any atom is -0.486 e. The number of aryl methyl sites for hydroxylation is 1. The summed E-state index contributed by atoms with van der Waals surface area (Å²) < 4.78 is 39.6. The summed E-state index contributed by atoms with van der Waals surface area (Å²) in [5.41, 5.74) is 1.59. The summed E-state index contributed by atoms with van der Waals surface area (Å²) in [5.74, 6) is -1.30. The molecule has 9 heteroatoms. The Labute approximate surface area is 182 Å². The first-order valence-corrected chi connectivity index (χ1v) is 8.95. The molecule has 0 bridgehead atoms. The van der Waals surface area contributed by atoms with Crippen LogP contribution in [-0.4, -0.2) is 20.6 Å². The Morgan fingerprint density at radius 2 is 1.74 bits per heavy atom. The number of carboxylic acids is 1. The van der Waals surface area contributed by atoms with Crippen molar-refractivity contribution >= 4 is 29.4 Å². The molecule has 0 aliphatic rings. The molecule has 31 heavy (non-hydrogen) atoms. The van der Waals surface area contributed by atoms with Crippen molar-refractivity contribution in [1.29, 1.82) is 0 Å². The lowest BCUT2D eigenvalue weighted by Crippen LogP contribution is -2.04. The average Bonchev–Trinajstić information content (AvgIpc) is 3.05. The quantitative estimate of drug-likeness (QED) is 0.432. The van der Waals surface area contributed by atoms with E-state index in [0.29, 0.717) is 22.8 Å². The Kier molecular flexibility index (Phi) is 6.41. The molecule has 0 unspecified atom stereocenters. The van der Waals surface area contributed by atoms with Gasteiger partial charge in [-0.1, -0.05) is 6.07 Å². The van der Waals surface area contributed by atoms with E-state index < -0.39 is 17.6 Å². The summed E-state index contributed by atoms with van der Waals surface area (Å²) in [5, 5.41) is 9.07. The molecule has 0 fully saturated rings. The van der Waals surface area contributed by atoms with Crippen molar-refractivity contribution in [2.24, 2.45) is 7.05 Å². The normalized spacial score (nSPS) is 10.5. The zero-order valence-corrected chi connectivity index (χ0v) is 17.0. The number of nitrogens with zero attached hydrogens (tertiary/aromatic N) is 2. The number of hydrogen-bond donors (Lipinski definition) is 1. The molecule has 3 aromatic carbocycles. The van der Waals surface area contributed by atoms with E-state index in [9.17, 15) is 13.6 Å². The molecule has 1 aromatic heterocycles. The second-order valence-electron chi connectivity index (χ2n) is 6.54. The zero-order valence-electron chi connectivity index (χ0n) is 16.2. The van der Waals surface area contributed by atoms with Gasteiger partial charge in [0, 0.05) is 19.2 Å². The standard InChI is InChI=1S/C22H16F2N2O4.ClH/c1-26-20-11-16(30-15-5-7-17(23)18(24)10-15)6-8-19(20)25-21(26)12-29-14-4-2-3-13(9-14)22(27)28;/h2-11H,12H2,1H3,(H,27,28);1H. The molecule has 0 aliphatic carbocycles. The first kappa shape index (κ1) is 22.0. The van der Waals surface area contributed by atoms with Crippen LogP contribution in [0.15, 0.2) is 60.7 Å². The number of aromatic carboxylic acids is 1. The van der Waals surface area contributed by atoms with Gasteiger partial charge in [-0.25, -0.2) is 18.6 Å². The van der Waals surface area contributed by atoms with Crippen molar-refractivity contribution in [3.05, 3.63) is 83.7 Å². The van der Waals surface area contributed by atoms with Crippen LogP contribution in [0.25, 0.3) is 11.0 Å². The molecule has 0 atom stereocenters. The molecule has 4 aromatic rings. The summed E-state index contributed by atoms with van der Waals surface area (Å²) in [7, 11) is 1.81. The number of aromatic nitrogens is 2. The number of hydrogen-bond acceptors (Lipinski definition) is 4. The maximum Gasteiger partial charge on any atom is 0.335 e. The van der Waals surface area contributed by atoms with E-state index in [4.69, 9.17) is 14.6 Å². The number of halogens is 3. The number of imidazole rings is 1. The van der Waals surface area contributed by atoms with E-state index in [2.05, 4.69) is 4.98 Å². The zero-order chi connectivity index (χ0) is 21.3. The van der Waals surface area contributed by atoms with Gasteiger partial charge >= 0.3 is 5.97 Å². The summed E-state index contributed by atoms with van der Waals surface area (Å²) in [4.78, 5) is 15.6. The molecule has 4 rings (SSSR count). The van der Waals surface area contributed by atoms with Crippen LogP contribution >= 0.6 is 12.4 Å². The van der Waals surface area contributed by atoms with Gasteiger partial charge in [0.1, 0.15) is 29.7 Å². The van der Waals surface area contributed by atoms with Gasteiger partial charge in [0.25, 0.3) is 0 Å². The second-order valence-corrected chi connectivity index (χ2v) is 6.54. The van der Waals surface area contributed by atoms with Crippen LogP contribution < -0.4 is 9.47 Å². The molecule has 6 nitrogen and oxygen atoms in total. The molecular formula is C22H17ClF2N2O4. The van der Waals surface area contributed by atoms with E-state index in [1.807, 2.05) is 11.6 Å². The molecule has 0 saturated heterocycles. The third-order valence-corrected chi connectivity index (χ3v) is 4.52. The molecule has 0 aliphatic heterocycles. The predicted molar refractivity (Wildman–Crippen MR) is 112 cm³/mol. The Bertz CT molecular complexity index is 1260. The van der Waals surface area contributed by atoms with Crippen LogP contribution in [0, 0.1) is 11.6 Å². The number of carbonyl (C=O) groups is 1. The van der Waals surface area contributed by atoms with Gasteiger partial charge in [0.05, 0.1) is 16.6 Å². The molecule has 0 saturated carbocycles. The lowest BCUT2D eigenvalue weighted by Gasteiger charge is -2.08. The second kappa shape index (κ2) is 9.01. The van der Waals surface area contributed by atoms with E-state index in [1.54, 1.807) is 30.3 Å². The fraction of sp³-hybridized carbons (Fsp3) is 0.0909. The third-order valence-electron chi connectivity index (χ3n) is 4.52. The minimum absolute atomic E-state index is 0. The van der Waals surface area contributed by atoms with Gasteiger partial charge in [-0.05, 0) is 42.5 Å². The number of fused-ring (bicyclic) bond motifs is 1. The van der Waals surface area contributed by atoms with Crippen molar-refractivity contribution in [2.45, 2.75) is 6.61 Å². The Morgan fingerprint density at radius 1 is 1.00 bits per heavy atom. The van der Waals surface area contributed by atoms with Crippen molar-refractivity contribution in [2.75, 3.05) is 0 Å². The lowest BCUT2D eigenvalue weighted by atomic mass is 10.2. The van der Waals surface area contributed by atoms with Crippen LogP contribution in [-0.2, 0) is 13.7 Å². The fourth-order valence-electron chi connectivity index (χ4n) is 2.96. The SMILES string of the molecule is Cl.Cn1c(COc2cccc(C(=O)O)c2)nc2ccc(Oc3ccc(F)c(F)c3)cc21. The van der Waals surface area contributed by atoms with E-state index in [0.717, 1.165) is 17.6 Å². The highest BCUT2D eigenvalue weighted by molar-refractivity contribution is 5.88. The summed E-state index contributed by atoms with van der Waals surface area (Å²) in [6.45, 7) is 0.133. The first-order chi connectivity index (χ1) is 14.4. The summed E-state index contributed by atoms with van der Waals surface area (Å²) in [6.07, 6.45) is 0. The summed E-state index contributed by atoms with van der Waals surface area (Å²) in [6, 6.07) is 14.7. The van der Waals surface area contributed by atoms with Gasteiger partial charge in [-0.3, -0.25) is 0 Å². The molecule has 1 heterocycles. The number of rotatable bonds is 6. The number of carboxylic acid groups (broad SMARTS) is 1. The highest BCUT2D eigenvalue weighted by Gasteiger charge is 2.12. The fourth-order valence-corrected chi connectivity index (χ4v) is 2.96. The molecule has 0 amide bonds. The lowest BCUT2D eigenvalue weighted by molar-refractivity contribution is 0.0696. The van der Waals surface area contributed by atoms with E-state index in [-0.39, 0.29) is 30.3 Å². The number of ether oxygens (including phenoxy) is 2. The van der Waals surface area contributed by atoms with Gasteiger partial charge in [0.15, 0.2) is 11.6 Å². The Morgan fingerprint density at radius 3 is 2.48 bits per heavy atom.